The van der Waals surface area contributed by atoms with Crippen molar-refractivity contribution < 1.29 is 4.79 Å². The minimum Gasteiger partial charge on any atom is -0.303 e. The smallest absolute Gasteiger partial charge is 0.129 e. The highest BCUT2D eigenvalue weighted by molar-refractivity contribution is 5.62. The van der Waals surface area contributed by atoms with Crippen LogP contribution < -0.4 is 0 Å². The van der Waals surface area contributed by atoms with Crippen molar-refractivity contribution in [2.75, 3.05) is 0 Å². The first-order valence-electron chi connectivity index (χ1n) is 4.68. The summed E-state index contributed by atoms with van der Waals surface area (Å²) in [6, 6.07) is 2.01. The lowest BCUT2D eigenvalue weighted by molar-refractivity contribution is -0.109. The molecule has 0 spiro atoms. The largest absolute Gasteiger partial charge is 0.303 e. The van der Waals surface area contributed by atoms with Crippen LogP contribution in [-0.4, -0.2) is 16.1 Å². The summed E-state index contributed by atoms with van der Waals surface area (Å²) in [6.45, 7) is 1.96. The van der Waals surface area contributed by atoms with Crippen LogP contribution in [0.2, 0.25) is 0 Å². The van der Waals surface area contributed by atoms with Crippen LogP contribution in [0.5, 0.6) is 0 Å². The third-order valence-electron chi connectivity index (χ3n) is 2.66. The second kappa shape index (κ2) is 2.98. The van der Waals surface area contributed by atoms with Crippen LogP contribution in [-0.2, 0) is 11.8 Å². The van der Waals surface area contributed by atoms with E-state index in [-0.39, 0.29) is 5.92 Å². The van der Waals surface area contributed by atoms with Gasteiger partial charge in [0.2, 0.25) is 0 Å². The zero-order valence-electron chi connectivity index (χ0n) is 8.03. The van der Waals surface area contributed by atoms with Crippen molar-refractivity contribution in [1.82, 2.24) is 9.78 Å². The van der Waals surface area contributed by atoms with Crippen molar-refractivity contribution >= 4 is 6.29 Å². The number of carbonyl (C=O) groups excluding carboxylic acids is 1. The first-order chi connectivity index (χ1) is 6.22. The van der Waals surface area contributed by atoms with E-state index in [9.17, 15) is 4.79 Å². The highest BCUT2D eigenvalue weighted by atomic mass is 16.1. The predicted octanol–water partition coefficient (Wildman–Crippen LogP) is 1.42. The van der Waals surface area contributed by atoms with E-state index < -0.39 is 0 Å². The van der Waals surface area contributed by atoms with Gasteiger partial charge in [-0.1, -0.05) is 0 Å². The van der Waals surface area contributed by atoms with Gasteiger partial charge in [-0.15, -0.1) is 0 Å². The molecule has 0 saturated heterocycles. The molecule has 3 heteroatoms. The van der Waals surface area contributed by atoms with Gasteiger partial charge in [0.15, 0.2) is 0 Å². The fraction of sp³-hybridized carbons (Fsp3) is 0.600. The molecule has 0 N–H and O–H groups in total. The van der Waals surface area contributed by atoms with Crippen molar-refractivity contribution in [1.29, 1.82) is 0 Å². The molecule has 1 saturated carbocycles. The van der Waals surface area contributed by atoms with E-state index in [1.807, 2.05) is 24.7 Å². The molecule has 2 rings (SSSR count). The first kappa shape index (κ1) is 8.48. The standard InChI is InChI=1S/C10H14N2O/c1-7-5-10(12(2)11-7)9(6-13)8-3-4-8/h5-6,8-9H,3-4H2,1-2H3. The van der Waals surface area contributed by atoms with Gasteiger partial charge in [0.25, 0.3) is 0 Å². The summed E-state index contributed by atoms with van der Waals surface area (Å²) in [6.07, 6.45) is 3.44. The molecule has 0 bridgehead atoms. The first-order valence-corrected chi connectivity index (χ1v) is 4.68. The molecule has 3 nitrogen and oxygen atoms in total. The molecular formula is C10H14N2O. The van der Waals surface area contributed by atoms with Crippen LogP contribution in [0, 0.1) is 12.8 Å². The highest BCUT2D eigenvalue weighted by Crippen LogP contribution is 2.41. The average molecular weight is 178 g/mol. The minimum absolute atomic E-state index is 0.0752. The summed E-state index contributed by atoms with van der Waals surface area (Å²) in [5.41, 5.74) is 2.06. The summed E-state index contributed by atoms with van der Waals surface area (Å²) >= 11 is 0. The van der Waals surface area contributed by atoms with Crippen LogP contribution in [0.25, 0.3) is 0 Å². The van der Waals surface area contributed by atoms with E-state index in [1.54, 1.807) is 0 Å². The lowest BCUT2D eigenvalue weighted by atomic mass is 10.0. The van der Waals surface area contributed by atoms with E-state index in [0.29, 0.717) is 5.92 Å². The Balaban J connectivity index is 2.30. The summed E-state index contributed by atoms with van der Waals surface area (Å²) in [4.78, 5) is 10.9. The summed E-state index contributed by atoms with van der Waals surface area (Å²) < 4.78 is 1.83. The maximum atomic E-state index is 10.9. The van der Waals surface area contributed by atoms with Crippen LogP contribution in [0.4, 0.5) is 0 Å². The molecule has 13 heavy (non-hydrogen) atoms. The second-order valence-corrected chi connectivity index (χ2v) is 3.83. The van der Waals surface area contributed by atoms with Gasteiger partial charge < -0.3 is 4.79 Å². The number of aldehydes is 1. The molecule has 0 amide bonds. The molecule has 1 atom stereocenters. The summed E-state index contributed by atoms with van der Waals surface area (Å²) in [5.74, 6) is 0.651. The van der Waals surface area contributed by atoms with E-state index >= 15 is 0 Å². The van der Waals surface area contributed by atoms with Gasteiger partial charge in [-0.2, -0.15) is 5.10 Å². The Hall–Kier alpha value is -1.12. The fourth-order valence-electron chi connectivity index (χ4n) is 1.82. The number of hydrogen-bond donors (Lipinski definition) is 0. The molecule has 1 aromatic heterocycles. The predicted molar refractivity (Wildman–Crippen MR) is 49.5 cm³/mol. The van der Waals surface area contributed by atoms with Crippen molar-refractivity contribution in [3.05, 3.63) is 17.5 Å². The number of carbonyl (C=O) groups is 1. The Morgan fingerprint density at radius 3 is 2.77 bits per heavy atom. The Bertz CT molecular complexity index is 326. The van der Waals surface area contributed by atoms with E-state index in [1.165, 1.54) is 12.8 Å². The van der Waals surface area contributed by atoms with Crippen LogP contribution >= 0.6 is 0 Å². The van der Waals surface area contributed by atoms with Gasteiger partial charge in [0.05, 0.1) is 11.6 Å². The summed E-state index contributed by atoms with van der Waals surface area (Å²) in [7, 11) is 1.90. The SMILES string of the molecule is Cc1cc(C(C=O)C2CC2)n(C)n1. The van der Waals surface area contributed by atoms with Gasteiger partial charge in [-0.05, 0) is 31.7 Å². The highest BCUT2D eigenvalue weighted by Gasteiger charge is 2.33. The number of aromatic nitrogens is 2. The molecule has 0 aliphatic heterocycles. The maximum Gasteiger partial charge on any atom is 0.129 e. The van der Waals surface area contributed by atoms with E-state index in [2.05, 4.69) is 5.10 Å². The number of aryl methyl sites for hydroxylation is 2. The van der Waals surface area contributed by atoms with Crippen molar-refractivity contribution in [3.63, 3.8) is 0 Å². The Morgan fingerprint density at radius 2 is 2.38 bits per heavy atom. The lowest BCUT2D eigenvalue weighted by Gasteiger charge is -2.07. The topological polar surface area (TPSA) is 34.9 Å². The number of rotatable bonds is 3. The Kier molecular flexibility index (Phi) is 1.94. The Labute approximate surface area is 77.7 Å². The monoisotopic (exact) mass is 178 g/mol. The minimum atomic E-state index is 0.0752. The molecule has 70 valence electrons. The number of hydrogen-bond acceptors (Lipinski definition) is 2. The molecule has 0 aromatic carbocycles. The molecule has 1 heterocycles. The number of nitrogens with zero attached hydrogens (tertiary/aromatic N) is 2. The fourth-order valence-corrected chi connectivity index (χ4v) is 1.82. The lowest BCUT2D eigenvalue weighted by Crippen LogP contribution is -2.08. The molecule has 1 unspecified atom stereocenters. The van der Waals surface area contributed by atoms with Crippen LogP contribution in [0.1, 0.15) is 30.1 Å². The molecular weight excluding hydrogens is 164 g/mol. The molecule has 0 radical (unpaired) electrons. The van der Waals surface area contributed by atoms with E-state index in [0.717, 1.165) is 17.7 Å². The molecule has 1 aromatic rings. The van der Waals surface area contributed by atoms with Gasteiger partial charge in [-0.3, -0.25) is 4.68 Å². The van der Waals surface area contributed by atoms with Gasteiger partial charge in [-0.25, -0.2) is 0 Å². The third kappa shape index (κ3) is 1.50. The zero-order valence-corrected chi connectivity index (χ0v) is 8.03. The summed E-state index contributed by atoms with van der Waals surface area (Å²) in [5, 5.41) is 4.25. The Morgan fingerprint density at radius 1 is 1.69 bits per heavy atom. The normalized spacial score (nSPS) is 18.6. The molecule has 1 fully saturated rings. The van der Waals surface area contributed by atoms with E-state index in [4.69, 9.17) is 0 Å². The maximum absolute atomic E-state index is 10.9. The van der Waals surface area contributed by atoms with Gasteiger partial charge in [0.1, 0.15) is 6.29 Å². The van der Waals surface area contributed by atoms with Crippen LogP contribution in [0.15, 0.2) is 6.07 Å². The van der Waals surface area contributed by atoms with Gasteiger partial charge >= 0.3 is 0 Å². The second-order valence-electron chi connectivity index (χ2n) is 3.83. The average Bonchev–Trinajstić information content (AvgIpc) is 2.82. The van der Waals surface area contributed by atoms with Crippen molar-refractivity contribution in [2.24, 2.45) is 13.0 Å². The quantitative estimate of drug-likeness (QED) is 0.656. The molecule has 1 aliphatic rings. The third-order valence-corrected chi connectivity index (χ3v) is 2.66. The van der Waals surface area contributed by atoms with Crippen LogP contribution in [0.3, 0.4) is 0 Å². The zero-order chi connectivity index (χ0) is 9.42. The molecule has 1 aliphatic carbocycles. The van der Waals surface area contributed by atoms with Gasteiger partial charge in [0, 0.05) is 12.7 Å². The van der Waals surface area contributed by atoms with Crippen molar-refractivity contribution in [2.45, 2.75) is 25.7 Å². The van der Waals surface area contributed by atoms with Crippen molar-refractivity contribution in [3.8, 4) is 0 Å².